The van der Waals surface area contributed by atoms with Gasteiger partial charge in [0.1, 0.15) is 11.6 Å². The summed E-state index contributed by atoms with van der Waals surface area (Å²) in [6.45, 7) is 8.90. The van der Waals surface area contributed by atoms with E-state index in [4.69, 9.17) is 4.74 Å². The summed E-state index contributed by atoms with van der Waals surface area (Å²) in [6, 6.07) is 25.4. The normalized spacial score (nSPS) is 16.8. The molecule has 3 aromatic carbocycles. The molecule has 1 saturated heterocycles. The quantitative estimate of drug-likeness (QED) is 0.282. The van der Waals surface area contributed by atoms with Gasteiger partial charge in [-0.3, -0.25) is 4.90 Å². The lowest BCUT2D eigenvalue weighted by atomic mass is 9.74. The lowest BCUT2D eigenvalue weighted by Gasteiger charge is -2.43. The molecule has 4 nitrogen and oxygen atoms in total. The fourth-order valence-corrected chi connectivity index (χ4v) is 5.43. The van der Waals surface area contributed by atoms with Crippen LogP contribution in [-0.4, -0.2) is 49.3 Å². The number of rotatable bonds is 12. The molecule has 1 fully saturated rings. The van der Waals surface area contributed by atoms with Gasteiger partial charge in [-0.25, -0.2) is 4.39 Å². The fraction of sp³-hybridized carbons (Fsp3) is 0.438. The Morgan fingerprint density at radius 2 is 1.54 bits per heavy atom. The van der Waals surface area contributed by atoms with Gasteiger partial charge in [0.15, 0.2) is 0 Å². The van der Waals surface area contributed by atoms with E-state index in [9.17, 15) is 9.50 Å². The molecular weight excluding hydrogens is 463 g/mol. The summed E-state index contributed by atoms with van der Waals surface area (Å²) in [4.78, 5) is 4.54. The Kier molecular flexibility index (Phi) is 9.59. The van der Waals surface area contributed by atoms with Crippen LogP contribution in [0.3, 0.4) is 0 Å². The first-order chi connectivity index (χ1) is 18.0. The van der Waals surface area contributed by atoms with Crippen LogP contribution in [0.25, 0.3) is 0 Å². The Labute approximate surface area is 221 Å². The van der Waals surface area contributed by atoms with Crippen molar-refractivity contribution in [2.75, 3.05) is 44.2 Å². The molecule has 1 N–H and O–H groups in total. The van der Waals surface area contributed by atoms with E-state index in [1.807, 2.05) is 42.5 Å². The first kappa shape index (κ1) is 27.2. The van der Waals surface area contributed by atoms with Gasteiger partial charge >= 0.3 is 0 Å². The van der Waals surface area contributed by atoms with E-state index >= 15 is 0 Å². The number of halogens is 1. The molecule has 2 atom stereocenters. The first-order valence-corrected chi connectivity index (χ1v) is 13.8. The van der Waals surface area contributed by atoms with Gasteiger partial charge in [-0.15, -0.1) is 0 Å². The van der Waals surface area contributed by atoms with Gasteiger partial charge in [-0.05, 0) is 48.2 Å². The minimum atomic E-state index is -1.01. The van der Waals surface area contributed by atoms with Crippen LogP contribution in [0.4, 0.5) is 10.1 Å². The Morgan fingerprint density at radius 1 is 0.865 bits per heavy atom. The number of benzene rings is 3. The van der Waals surface area contributed by atoms with Crippen LogP contribution in [0.2, 0.25) is 0 Å². The second-order valence-corrected chi connectivity index (χ2v) is 10.1. The summed E-state index contributed by atoms with van der Waals surface area (Å²) in [5.41, 5.74) is 1.72. The van der Waals surface area contributed by atoms with Crippen molar-refractivity contribution in [1.82, 2.24) is 4.90 Å². The Morgan fingerprint density at radius 3 is 2.19 bits per heavy atom. The molecule has 0 aliphatic carbocycles. The molecule has 4 rings (SSSR count). The zero-order chi connectivity index (χ0) is 26.1. The molecule has 0 unspecified atom stereocenters. The molecule has 37 heavy (non-hydrogen) atoms. The van der Waals surface area contributed by atoms with Crippen molar-refractivity contribution in [3.63, 3.8) is 0 Å². The number of aliphatic hydroxyl groups is 1. The average Bonchev–Trinajstić information content (AvgIpc) is 2.93. The number of hydrogen-bond donors (Lipinski definition) is 1. The van der Waals surface area contributed by atoms with E-state index in [1.165, 1.54) is 6.07 Å². The number of para-hydroxylation sites is 1. The van der Waals surface area contributed by atoms with E-state index in [1.54, 1.807) is 6.07 Å². The van der Waals surface area contributed by atoms with Crippen LogP contribution < -0.4 is 9.64 Å². The fourth-order valence-electron chi connectivity index (χ4n) is 5.43. The Balaban J connectivity index is 1.55. The molecule has 1 aliphatic heterocycles. The van der Waals surface area contributed by atoms with E-state index in [0.29, 0.717) is 18.7 Å². The predicted octanol–water partition coefficient (Wildman–Crippen LogP) is 6.60. The SMILES string of the molecule is CCCCOc1ccc([C@](O)(CCC)[C@H](CN2CCN(c3ccccc3F)CC2)c2ccccc2)cc1. The number of unbranched alkanes of at least 4 members (excludes halogenated alkanes) is 1. The van der Waals surface area contributed by atoms with E-state index < -0.39 is 5.60 Å². The van der Waals surface area contributed by atoms with Crippen LogP contribution in [-0.2, 0) is 5.60 Å². The van der Waals surface area contributed by atoms with Crippen LogP contribution in [0.1, 0.15) is 56.6 Å². The average molecular weight is 505 g/mol. The zero-order valence-corrected chi connectivity index (χ0v) is 22.3. The minimum Gasteiger partial charge on any atom is -0.494 e. The maximum absolute atomic E-state index is 14.3. The molecule has 0 aromatic heterocycles. The van der Waals surface area contributed by atoms with Crippen molar-refractivity contribution in [3.05, 3.63) is 95.8 Å². The summed E-state index contributed by atoms with van der Waals surface area (Å²) in [5.74, 6) is 0.578. The third-order valence-electron chi connectivity index (χ3n) is 7.54. The number of piperazine rings is 1. The number of anilines is 1. The molecule has 3 aromatic rings. The lowest BCUT2D eigenvalue weighted by Crippen LogP contribution is -2.50. The van der Waals surface area contributed by atoms with Crippen LogP contribution in [0.15, 0.2) is 78.9 Å². The molecule has 198 valence electrons. The minimum absolute atomic E-state index is 0.0967. The van der Waals surface area contributed by atoms with Crippen molar-refractivity contribution in [3.8, 4) is 5.75 Å². The van der Waals surface area contributed by atoms with E-state index in [0.717, 1.165) is 68.9 Å². The first-order valence-electron chi connectivity index (χ1n) is 13.8. The van der Waals surface area contributed by atoms with Crippen molar-refractivity contribution in [1.29, 1.82) is 0 Å². The Hall–Kier alpha value is -2.89. The van der Waals surface area contributed by atoms with Crippen molar-refractivity contribution >= 4 is 5.69 Å². The molecule has 0 radical (unpaired) electrons. The zero-order valence-electron chi connectivity index (χ0n) is 22.3. The summed E-state index contributed by atoms with van der Waals surface area (Å²) >= 11 is 0. The number of ether oxygens (including phenoxy) is 1. The molecular formula is C32H41FN2O2. The monoisotopic (exact) mass is 504 g/mol. The maximum atomic E-state index is 14.3. The highest BCUT2D eigenvalue weighted by atomic mass is 19.1. The molecule has 1 heterocycles. The van der Waals surface area contributed by atoms with Crippen LogP contribution in [0, 0.1) is 5.82 Å². The van der Waals surface area contributed by atoms with Gasteiger partial charge < -0.3 is 14.7 Å². The lowest BCUT2D eigenvalue weighted by molar-refractivity contribution is -0.0141. The topological polar surface area (TPSA) is 35.9 Å². The van der Waals surface area contributed by atoms with Crippen molar-refractivity contribution in [2.24, 2.45) is 0 Å². The molecule has 5 heteroatoms. The highest BCUT2D eigenvalue weighted by Gasteiger charge is 2.40. The standard InChI is InChI=1S/C32H41FN2O2/c1-3-5-24-37-28-17-15-27(16-18-28)32(36,19-4-2)29(26-11-7-6-8-12-26)25-34-20-22-35(23-21-34)31-14-10-9-13-30(31)33/h6-18,29,36H,3-5,19-25H2,1-2H3/t29-,32-/m1/s1. The second-order valence-electron chi connectivity index (χ2n) is 10.1. The Bertz CT molecular complexity index is 1080. The van der Waals surface area contributed by atoms with Crippen LogP contribution in [0.5, 0.6) is 5.75 Å². The largest absolute Gasteiger partial charge is 0.494 e. The van der Waals surface area contributed by atoms with Gasteiger partial charge in [0.2, 0.25) is 0 Å². The summed E-state index contributed by atoms with van der Waals surface area (Å²) < 4.78 is 20.2. The summed E-state index contributed by atoms with van der Waals surface area (Å²) in [5, 5.41) is 12.4. The number of hydrogen-bond acceptors (Lipinski definition) is 4. The van der Waals surface area contributed by atoms with Gasteiger partial charge in [0.25, 0.3) is 0 Å². The third kappa shape index (κ3) is 6.71. The molecule has 0 bridgehead atoms. The molecule has 0 saturated carbocycles. The second kappa shape index (κ2) is 13.1. The molecule has 0 amide bonds. The van der Waals surface area contributed by atoms with Gasteiger partial charge in [-0.1, -0.05) is 81.3 Å². The number of nitrogens with zero attached hydrogens (tertiary/aromatic N) is 2. The van der Waals surface area contributed by atoms with Crippen LogP contribution >= 0.6 is 0 Å². The smallest absolute Gasteiger partial charge is 0.146 e. The summed E-state index contributed by atoms with van der Waals surface area (Å²) in [6.07, 6.45) is 3.66. The van der Waals surface area contributed by atoms with Gasteiger partial charge in [0, 0.05) is 38.6 Å². The highest BCUT2D eigenvalue weighted by molar-refractivity contribution is 5.48. The van der Waals surface area contributed by atoms with Gasteiger partial charge in [0.05, 0.1) is 17.9 Å². The van der Waals surface area contributed by atoms with E-state index in [2.05, 4.69) is 47.9 Å². The predicted molar refractivity (Wildman–Crippen MR) is 150 cm³/mol. The molecule has 0 spiro atoms. The van der Waals surface area contributed by atoms with Crippen molar-refractivity contribution < 1.29 is 14.2 Å². The maximum Gasteiger partial charge on any atom is 0.146 e. The third-order valence-corrected chi connectivity index (χ3v) is 7.54. The van der Waals surface area contributed by atoms with Crippen molar-refractivity contribution in [2.45, 2.75) is 51.0 Å². The van der Waals surface area contributed by atoms with Gasteiger partial charge in [-0.2, -0.15) is 0 Å². The summed E-state index contributed by atoms with van der Waals surface area (Å²) in [7, 11) is 0. The molecule has 1 aliphatic rings. The highest BCUT2D eigenvalue weighted by Crippen LogP contribution is 2.42. The van der Waals surface area contributed by atoms with E-state index in [-0.39, 0.29) is 11.7 Å².